The van der Waals surface area contributed by atoms with Gasteiger partial charge in [-0.25, -0.2) is 4.79 Å². The lowest BCUT2D eigenvalue weighted by Gasteiger charge is -2.17. The molecule has 1 aromatic heterocycles. The second kappa shape index (κ2) is 12.0. The largest absolute Gasteiger partial charge is 0.465 e. The highest BCUT2D eigenvalue weighted by molar-refractivity contribution is 7.13. The van der Waals surface area contributed by atoms with Crippen LogP contribution in [0.3, 0.4) is 0 Å². The van der Waals surface area contributed by atoms with Crippen LogP contribution in [0.1, 0.15) is 90.1 Å². The predicted molar refractivity (Wildman–Crippen MR) is 129 cm³/mol. The van der Waals surface area contributed by atoms with Gasteiger partial charge in [0.1, 0.15) is 4.88 Å². The molecule has 3 rings (SSSR count). The topological polar surface area (TPSA) is 70.3 Å². The number of hydrogen-bond donors (Lipinski definition) is 1. The zero-order valence-electron chi connectivity index (χ0n) is 19.1. The van der Waals surface area contributed by atoms with E-state index in [0.717, 1.165) is 74.5 Å². The van der Waals surface area contributed by atoms with Gasteiger partial charge in [0.2, 0.25) is 0 Å². The summed E-state index contributed by atoms with van der Waals surface area (Å²) in [4.78, 5) is 13.5. The maximum Gasteiger partial charge on any atom is 0.348 e. The van der Waals surface area contributed by atoms with Crippen LogP contribution < -0.4 is 0 Å². The molecule has 2 atom stereocenters. The fraction of sp³-hybridized carbons (Fsp3) is 0.481. The normalized spacial score (nSPS) is 16.8. The Morgan fingerprint density at radius 3 is 2.69 bits per heavy atom. The smallest absolute Gasteiger partial charge is 0.348 e. The van der Waals surface area contributed by atoms with Crippen molar-refractivity contribution in [2.75, 3.05) is 7.11 Å². The summed E-state index contributed by atoms with van der Waals surface area (Å²) in [5.74, 6) is 0.102. The van der Waals surface area contributed by atoms with Crippen LogP contribution >= 0.6 is 11.3 Å². The van der Waals surface area contributed by atoms with Crippen molar-refractivity contribution in [2.24, 2.45) is 5.92 Å². The third kappa shape index (κ3) is 6.09. The molecule has 1 aliphatic rings. The molecule has 1 unspecified atom stereocenters. The lowest BCUT2D eigenvalue weighted by Crippen LogP contribution is -2.02. The highest BCUT2D eigenvalue weighted by Gasteiger charge is 2.26. The van der Waals surface area contributed by atoms with E-state index in [-0.39, 0.29) is 5.97 Å². The van der Waals surface area contributed by atoms with Crippen LogP contribution in [0.25, 0.3) is 5.57 Å². The molecule has 0 bridgehead atoms. The number of nitriles is 1. The number of allylic oxidation sites excluding steroid dienone is 2. The minimum atomic E-state index is -0.417. The Hall–Kier alpha value is -2.42. The van der Waals surface area contributed by atoms with Crippen LogP contribution in [0.4, 0.5) is 0 Å². The number of aliphatic hydroxyl groups excluding tert-OH is 1. The average molecular weight is 452 g/mol. The molecule has 1 heterocycles. The van der Waals surface area contributed by atoms with E-state index in [4.69, 9.17) is 4.74 Å². The highest BCUT2D eigenvalue weighted by atomic mass is 32.1. The summed E-state index contributed by atoms with van der Waals surface area (Å²) in [5, 5.41) is 20.1. The molecular formula is C27H33NO3S. The van der Waals surface area contributed by atoms with Gasteiger partial charge in [-0.2, -0.15) is 5.26 Å². The van der Waals surface area contributed by atoms with Gasteiger partial charge >= 0.3 is 5.97 Å². The molecule has 1 aromatic carbocycles. The minimum Gasteiger partial charge on any atom is -0.465 e. The summed E-state index contributed by atoms with van der Waals surface area (Å²) in [6, 6.07) is 14.4. The van der Waals surface area contributed by atoms with Gasteiger partial charge in [0.25, 0.3) is 0 Å². The van der Waals surface area contributed by atoms with Gasteiger partial charge in [0.15, 0.2) is 0 Å². The van der Waals surface area contributed by atoms with Crippen molar-refractivity contribution < 1.29 is 14.6 Å². The molecule has 0 spiro atoms. The summed E-state index contributed by atoms with van der Waals surface area (Å²) in [7, 11) is 1.40. The lowest BCUT2D eigenvalue weighted by molar-refractivity contribution is 0.0606. The van der Waals surface area contributed by atoms with Crippen molar-refractivity contribution in [3.8, 4) is 6.07 Å². The molecule has 0 saturated carbocycles. The van der Waals surface area contributed by atoms with Crippen LogP contribution in [-0.2, 0) is 11.2 Å². The van der Waals surface area contributed by atoms with Gasteiger partial charge in [-0.15, -0.1) is 11.3 Å². The van der Waals surface area contributed by atoms with Crippen LogP contribution in [0.2, 0.25) is 0 Å². The molecule has 0 radical (unpaired) electrons. The summed E-state index contributed by atoms with van der Waals surface area (Å²) in [5.41, 5.74) is 4.14. The van der Waals surface area contributed by atoms with Gasteiger partial charge in [-0.1, -0.05) is 50.5 Å². The third-order valence-corrected chi connectivity index (χ3v) is 7.45. The maximum absolute atomic E-state index is 11.6. The number of ether oxygens (including phenoxy) is 1. The summed E-state index contributed by atoms with van der Waals surface area (Å²) in [6.45, 7) is 2.17. The zero-order valence-corrected chi connectivity index (χ0v) is 19.9. The molecule has 0 amide bonds. The first-order valence-electron chi connectivity index (χ1n) is 11.7. The lowest BCUT2D eigenvalue weighted by atomic mass is 9.88. The molecule has 0 aliphatic heterocycles. The standard InChI is InChI=1S/C27H33NO3S/c1-3-4-5-9-24(29)19-10-12-21(13-11-19)26-20(14-15-22(26)18-28)7-6-8-23-16-17-25(32-23)27(30)31-2/h10-13,16-17,20,24,29H,3-9,14-15H2,1-2H3/t20-,24?/m0/s1. The Morgan fingerprint density at radius 1 is 1.22 bits per heavy atom. The Labute approximate surface area is 195 Å². The van der Waals surface area contributed by atoms with Gasteiger partial charge in [0, 0.05) is 10.5 Å². The number of carbonyl (C=O) groups excluding carboxylic acids is 1. The fourth-order valence-electron chi connectivity index (χ4n) is 4.54. The van der Waals surface area contributed by atoms with E-state index in [1.165, 1.54) is 28.9 Å². The SMILES string of the molecule is CCCCCC(O)c1ccc(C2=C(C#N)CC[C@@H]2CCCc2ccc(C(=O)OC)s2)cc1. The Bertz CT molecular complexity index is 968. The number of benzene rings is 1. The van der Waals surface area contributed by atoms with Crippen LogP contribution in [0.15, 0.2) is 42.0 Å². The third-order valence-electron chi connectivity index (χ3n) is 6.32. The first kappa shape index (κ1) is 24.2. The fourth-order valence-corrected chi connectivity index (χ4v) is 5.51. The maximum atomic E-state index is 11.6. The molecule has 1 N–H and O–H groups in total. The van der Waals surface area contributed by atoms with E-state index in [1.807, 2.05) is 24.3 Å². The van der Waals surface area contributed by atoms with E-state index in [0.29, 0.717) is 10.8 Å². The van der Waals surface area contributed by atoms with Gasteiger partial charge < -0.3 is 9.84 Å². The first-order chi connectivity index (χ1) is 15.6. The van der Waals surface area contributed by atoms with Crippen molar-refractivity contribution >= 4 is 22.9 Å². The average Bonchev–Trinajstić information content (AvgIpc) is 3.46. The van der Waals surface area contributed by atoms with Crippen molar-refractivity contribution in [3.63, 3.8) is 0 Å². The van der Waals surface area contributed by atoms with E-state index in [1.54, 1.807) is 0 Å². The van der Waals surface area contributed by atoms with Crippen molar-refractivity contribution in [1.29, 1.82) is 5.26 Å². The van der Waals surface area contributed by atoms with Gasteiger partial charge in [-0.3, -0.25) is 0 Å². The number of aryl methyl sites for hydroxylation is 1. The van der Waals surface area contributed by atoms with Crippen LogP contribution in [-0.4, -0.2) is 18.2 Å². The molecule has 170 valence electrons. The molecule has 32 heavy (non-hydrogen) atoms. The first-order valence-corrected chi connectivity index (χ1v) is 12.5. The van der Waals surface area contributed by atoms with Crippen LogP contribution in [0, 0.1) is 17.2 Å². The number of rotatable bonds is 11. The molecule has 4 nitrogen and oxygen atoms in total. The number of thiophene rings is 1. The Kier molecular flexibility index (Phi) is 9.08. The van der Waals surface area contributed by atoms with Gasteiger partial charge in [-0.05, 0) is 73.3 Å². The molecule has 2 aromatic rings. The van der Waals surface area contributed by atoms with Crippen LogP contribution in [0.5, 0.6) is 0 Å². The van der Waals surface area contributed by atoms with E-state index < -0.39 is 6.10 Å². The Balaban J connectivity index is 1.62. The van der Waals surface area contributed by atoms with E-state index in [9.17, 15) is 15.2 Å². The molecular weight excluding hydrogens is 418 g/mol. The molecule has 0 fully saturated rings. The second-order valence-electron chi connectivity index (χ2n) is 8.52. The van der Waals surface area contributed by atoms with Crippen molar-refractivity contribution in [3.05, 3.63) is 62.9 Å². The van der Waals surface area contributed by atoms with E-state index in [2.05, 4.69) is 25.1 Å². The summed E-state index contributed by atoms with van der Waals surface area (Å²) < 4.78 is 4.79. The number of esters is 1. The second-order valence-corrected chi connectivity index (χ2v) is 9.69. The number of methoxy groups -OCH3 is 1. The number of carbonyl (C=O) groups is 1. The number of nitrogens with zero attached hydrogens (tertiary/aromatic N) is 1. The molecule has 5 heteroatoms. The number of unbranched alkanes of at least 4 members (excludes halogenated alkanes) is 2. The predicted octanol–water partition coefficient (Wildman–Crippen LogP) is 6.86. The zero-order chi connectivity index (χ0) is 22.9. The van der Waals surface area contributed by atoms with E-state index >= 15 is 0 Å². The Morgan fingerprint density at radius 2 is 2.00 bits per heavy atom. The van der Waals surface area contributed by atoms with Crippen molar-refractivity contribution in [2.45, 2.75) is 70.8 Å². The summed E-state index contributed by atoms with van der Waals surface area (Å²) >= 11 is 1.50. The quantitative estimate of drug-likeness (QED) is 0.299. The number of hydrogen-bond acceptors (Lipinski definition) is 5. The molecule has 1 aliphatic carbocycles. The van der Waals surface area contributed by atoms with Crippen molar-refractivity contribution in [1.82, 2.24) is 0 Å². The highest BCUT2D eigenvalue weighted by Crippen LogP contribution is 2.41. The number of aliphatic hydroxyl groups is 1. The molecule has 0 saturated heterocycles. The van der Waals surface area contributed by atoms with Gasteiger partial charge in [0.05, 0.1) is 19.3 Å². The monoisotopic (exact) mass is 451 g/mol. The minimum absolute atomic E-state index is 0.278. The summed E-state index contributed by atoms with van der Waals surface area (Å²) in [6.07, 6.45) is 8.52.